The summed E-state index contributed by atoms with van der Waals surface area (Å²) in [4.78, 5) is 19.2. The zero-order chi connectivity index (χ0) is 18.8. The zero-order valence-electron chi connectivity index (χ0n) is 16.3. The standard InChI is InChI=1S/C20H29N5O2/c1-21-20(26)17-11-10-15(24(17)2)16-9-5-6-12-25(16)13-18-22-19(23-27-18)14-7-3-4-8-14/h10-11,14,16H,3-9,12-13H2,1-2H3,(H,21,26). The van der Waals surface area contributed by atoms with Gasteiger partial charge in [0.05, 0.1) is 12.6 Å². The van der Waals surface area contributed by atoms with E-state index in [-0.39, 0.29) is 11.9 Å². The third-order valence-electron chi connectivity index (χ3n) is 6.12. The van der Waals surface area contributed by atoms with Crippen molar-refractivity contribution in [3.05, 3.63) is 35.2 Å². The number of hydrogen-bond donors (Lipinski definition) is 1. The van der Waals surface area contributed by atoms with E-state index in [4.69, 9.17) is 9.51 Å². The molecular weight excluding hydrogens is 342 g/mol. The minimum absolute atomic E-state index is 0.0517. The summed E-state index contributed by atoms with van der Waals surface area (Å²) in [6.07, 6.45) is 8.34. The van der Waals surface area contributed by atoms with Gasteiger partial charge in [0.15, 0.2) is 5.82 Å². The lowest BCUT2D eigenvalue weighted by Crippen LogP contribution is -2.34. The molecule has 0 bridgehead atoms. The molecule has 146 valence electrons. The van der Waals surface area contributed by atoms with Crippen LogP contribution in [0.15, 0.2) is 16.7 Å². The molecule has 1 saturated carbocycles. The van der Waals surface area contributed by atoms with Gasteiger partial charge in [-0.15, -0.1) is 0 Å². The van der Waals surface area contributed by atoms with Crippen LogP contribution in [0, 0.1) is 0 Å². The van der Waals surface area contributed by atoms with Crippen molar-refractivity contribution in [2.45, 2.75) is 63.5 Å². The van der Waals surface area contributed by atoms with Gasteiger partial charge in [0.2, 0.25) is 5.89 Å². The summed E-state index contributed by atoms with van der Waals surface area (Å²) in [5, 5.41) is 6.96. The fraction of sp³-hybridized carbons (Fsp3) is 0.650. The molecule has 7 nitrogen and oxygen atoms in total. The fourth-order valence-corrected chi connectivity index (χ4v) is 4.59. The molecule has 2 aromatic rings. The first kappa shape index (κ1) is 18.2. The lowest BCUT2D eigenvalue weighted by atomic mass is 9.99. The van der Waals surface area contributed by atoms with Crippen LogP contribution in [0.1, 0.15) is 84.8 Å². The van der Waals surface area contributed by atoms with Gasteiger partial charge in [0, 0.05) is 25.7 Å². The number of amides is 1. The molecular formula is C20H29N5O2. The molecule has 2 fully saturated rings. The van der Waals surface area contributed by atoms with Gasteiger partial charge in [0.1, 0.15) is 5.69 Å². The first-order valence-corrected chi connectivity index (χ1v) is 10.1. The van der Waals surface area contributed by atoms with E-state index in [1.54, 1.807) is 7.05 Å². The van der Waals surface area contributed by atoms with Gasteiger partial charge in [-0.25, -0.2) is 0 Å². The van der Waals surface area contributed by atoms with Crippen molar-refractivity contribution in [2.75, 3.05) is 13.6 Å². The molecule has 1 saturated heterocycles. The molecule has 1 N–H and O–H groups in total. The number of aromatic nitrogens is 3. The molecule has 1 aliphatic heterocycles. The SMILES string of the molecule is CNC(=O)c1ccc(C2CCCCN2Cc2nc(C3CCCC3)no2)n1C. The predicted octanol–water partition coefficient (Wildman–Crippen LogP) is 3.15. The summed E-state index contributed by atoms with van der Waals surface area (Å²) in [7, 11) is 3.64. The van der Waals surface area contributed by atoms with Crippen molar-refractivity contribution >= 4 is 5.91 Å². The number of carbonyl (C=O) groups is 1. The van der Waals surface area contributed by atoms with Crippen LogP contribution in [0.5, 0.6) is 0 Å². The maximum Gasteiger partial charge on any atom is 0.267 e. The Kier molecular flexibility index (Phi) is 5.29. The van der Waals surface area contributed by atoms with Crippen molar-refractivity contribution in [3.63, 3.8) is 0 Å². The highest BCUT2D eigenvalue weighted by atomic mass is 16.5. The molecule has 0 spiro atoms. The smallest absolute Gasteiger partial charge is 0.267 e. The van der Waals surface area contributed by atoms with Gasteiger partial charge in [-0.1, -0.05) is 24.4 Å². The third kappa shape index (κ3) is 3.65. The highest BCUT2D eigenvalue weighted by Crippen LogP contribution is 2.34. The number of piperidine rings is 1. The molecule has 1 atom stereocenters. The largest absolute Gasteiger partial charge is 0.354 e. The second kappa shape index (κ2) is 7.84. The van der Waals surface area contributed by atoms with Crippen LogP contribution in [0.25, 0.3) is 0 Å². The van der Waals surface area contributed by atoms with E-state index < -0.39 is 0 Å². The summed E-state index contributed by atoms with van der Waals surface area (Å²) in [5.41, 5.74) is 1.86. The lowest BCUT2D eigenvalue weighted by molar-refractivity contribution is 0.0950. The van der Waals surface area contributed by atoms with E-state index >= 15 is 0 Å². The lowest BCUT2D eigenvalue weighted by Gasteiger charge is -2.35. The molecule has 3 heterocycles. The van der Waals surface area contributed by atoms with Crippen LogP contribution in [0.3, 0.4) is 0 Å². The molecule has 2 aromatic heterocycles. The number of rotatable bonds is 5. The maximum absolute atomic E-state index is 12.1. The van der Waals surface area contributed by atoms with Crippen LogP contribution < -0.4 is 5.32 Å². The first-order valence-electron chi connectivity index (χ1n) is 10.1. The van der Waals surface area contributed by atoms with Crippen molar-refractivity contribution in [3.8, 4) is 0 Å². The van der Waals surface area contributed by atoms with E-state index in [1.165, 1.54) is 44.2 Å². The second-order valence-corrected chi connectivity index (χ2v) is 7.79. The highest BCUT2D eigenvalue weighted by molar-refractivity contribution is 5.92. The number of carbonyl (C=O) groups excluding carboxylic acids is 1. The summed E-state index contributed by atoms with van der Waals surface area (Å²) in [6.45, 7) is 1.68. The van der Waals surface area contributed by atoms with E-state index in [1.807, 2.05) is 17.7 Å². The highest BCUT2D eigenvalue weighted by Gasteiger charge is 2.29. The molecule has 27 heavy (non-hydrogen) atoms. The Hall–Kier alpha value is -2.15. The molecule has 0 aromatic carbocycles. The van der Waals surface area contributed by atoms with Crippen LogP contribution >= 0.6 is 0 Å². The van der Waals surface area contributed by atoms with Gasteiger partial charge in [-0.3, -0.25) is 9.69 Å². The van der Waals surface area contributed by atoms with Crippen molar-refractivity contribution in [1.82, 2.24) is 24.9 Å². The minimum atomic E-state index is -0.0517. The second-order valence-electron chi connectivity index (χ2n) is 7.79. The molecule has 0 radical (unpaired) electrons. The Morgan fingerprint density at radius 2 is 2.00 bits per heavy atom. The van der Waals surface area contributed by atoms with E-state index in [0.717, 1.165) is 18.8 Å². The normalized spacial score (nSPS) is 21.6. The third-order valence-corrected chi connectivity index (χ3v) is 6.12. The average Bonchev–Trinajstić information content (AvgIpc) is 3.42. The molecule has 1 amide bonds. The first-order chi connectivity index (χ1) is 13.2. The monoisotopic (exact) mass is 371 g/mol. The number of hydrogen-bond acceptors (Lipinski definition) is 5. The van der Waals surface area contributed by atoms with E-state index in [2.05, 4.69) is 21.4 Å². The molecule has 4 rings (SSSR count). The Bertz CT molecular complexity index is 790. The van der Waals surface area contributed by atoms with Gasteiger partial charge in [-0.05, 0) is 44.4 Å². The van der Waals surface area contributed by atoms with Gasteiger partial charge in [0.25, 0.3) is 5.91 Å². The van der Waals surface area contributed by atoms with Crippen molar-refractivity contribution < 1.29 is 9.32 Å². The fourth-order valence-electron chi connectivity index (χ4n) is 4.59. The molecule has 7 heteroatoms. The predicted molar refractivity (Wildman–Crippen MR) is 101 cm³/mol. The Balaban J connectivity index is 1.51. The van der Waals surface area contributed by atoms with E-state index in [9.17, 15) is 4.79 Å². The van der Waals surface area contributed by atoms with Crippen LogP contribution in [0.4, 0.5) is 0 Å². The minimum Gasteiger partial charge on any atom is -0.354 e. The summed E-state index contributed by atoms with van der Waals surface area (Å²) in [5.74, 6) is 2.02. The summed E-state index contributed by atoms with van der Waals surface area (Å²) in [6, 6.07) is 4.25. The Morgan fingerprint density at radius 3 is 2.78 bits per heavy atom. The topological polar surface area (TPSA) is 76.2 Å². The molecule has 1 unspecified atom stereocenters. The number of nitrogens with one attached hydrogen (secondary N) is 1. The van der Waals surface area contributed by atoms with Crippen LogP contribution in [0.2, 0.25) is 0 Å². The summed E-state index contributed by atoms with van der Waals surface area (Å²) >= 11 is 0. The number of likely N-dealkylation sites (tertiary alicyclic amines) is 1. The molecule has 1 aliphatic carbocycles. The van der Waals surface area contributed by atoms with Gasteiger partial charge >= 0.3 is 0 Å². The van der Waals surface area contributed by atoms with Crippen molar-refractivity contribution in [1.29, 1.82) is 0 Å². The molecule has 2 aliphatic rings. The Labute approximate surface area is 160 Å². The van der Waals surface area contributed by atoms with Crippen molar-refractivity contribution in [2.24, 2.45) is 7.05 Å². The van der Waals surface area contributed by atoms with Crippen LogP contribution in [-0.4, -0.2) is 39.1 Å². The summed E-state index contributed by atoms with van der Waals surface area (Å²) < 4.78 is 7.59. The van der Waals surface area contributed by atoms with E-state index in [0.29, 0.717) is 24.0 Å². The van der Waals surface area contributed by atoms with Gasteiger partial charge < -0.3 is 14.4 Å². The average molecular weight is 371 g/mol. The quantitative estimate of drug-likeness (QED) is 0.874. The van der Waals surface area contributed by atoms with Crippen LogP contribution in [-0.2, 0) is 13.6 Å². The Morgan fingerprint density at radius 1 is 1.22 bits per heavy atom. The maximum atomic E-state index is 12.1. The zero-order valence-corrected chi connectivity index (χ0v) is 16.3. The van der Waals surface area contributed by atoms with Gasteiger partial charge in [-0.2, -0.15) is 4.98 Å². The number of nitrogens with zero attached hydrogens (tertiary/aromatic N) is 4.